The number of benzene rings is 4. The van der Waals surface area contributed by atoms with E-state index in [1.807, 2.05) is 0 Å². The molecule has 0 aliphatic carbocycles. The van der Waals surface area contributed by atoms with Gasteiger partial charge in [-0.2, -0.15) is 0 Å². The highest BCUT2D eigenvalue weighted by atomic mass is 32.2. The van der Waals surface area contributed by atoms with Crippen LogP contribution in [0.3, 0.4) is 0 Å². The molecule has 4 rings (SSSR count). The summed E-state index contributed by atoms with van der Waals surface area (Å²) in [7, 11) is 0. The predicted octanol–water partition coefficient (Wildman–Crippen LogP) is 6.22. The first-order valence-electron chi connectivity index (χ1n) is 11.1. The molecule has 0 fully saturated rings. The van der Waals surface area contributed by atoms with E-state index in [0.717, 1.165) is 15.9 Å². The first kappa shape index (κ1) is 26.8. The van der Waals surface area contributed by atoms with E-state index in [2.05, 4.69) is 0 Å². The van der Waals surface area contributed by atoms with Gasteiger partial charge in [-0.15, -0.1) is 0 Å². The van der Waals surface area contributed by atoms with E-state index in [-0.39, 0.29) is 28.2 Å². The van der Waals surface area contributed by atoms with Gasteiger partial charge in [0, 0.05) is 9.79 Å². The highest BCUT2D eigenvalue weighted by Crippen LogP contribution is 2.33. The summed E-state index contributed by atoms with van der Waals surface area (Å²) in [6.07, 6.45) is 0. The fourth-order valence-electron chi connectivity index (χ4n) is 3.52. The number of carboxylic acids is 4. The molecule has 0 aliphatic heterocycles. The van der Waals surface area contributed by atoms with Crippen molar-refractivity contribution in [2.45, 2.75) is 9.79 Å². The lowest BCUT2D eigenvalue weighted by atomic mass is 10.1. The third kappa shape index (κ3) is 6.35. The Morgan fingerprint density at radius 2 is 1.03 bits per heavy atom. The van der Waals surface area contributed by atoms with Gasteiger partial charge in [-0.1, -0.05) is 17.8 Å². The second-order valence-corrected chi connectivity index (χ2v) is 9.00. The number of hydrogen-bond acceptors (Lipinski definition) is 7. The minimum absolute atomic E-state index is 0.0912. The van der Waals surface area contributed by atoms with Crippen LogP contribution in [0.25, 0.3) is 0 Å². The highest BCUT2D eigenvalue weighted by molar-refractivity contribution is 7.99. The number of carboxylic acid groups (broad SMARTS) is 4. The number of hydrogen-bond donors (Lipinski definition) is 4. The van der Waals surface area contributed by atoms with Gasteiger partial charge in [-0.3, -0.25) is 0 Å². The Balaban J connectivity index is 1.43. The molecule has 0 spiro atoms. The summed E-state index contributed by atoms with van der Waals surface area (Å²) in [4.78, 5) is 47.2. The Morgan fingerprint density at radius 3 is 1.54 bits per heavy atom. The van der Waals surface area contributed by atoms with E-state index >= 15 is 0 Å². The Labute approximate surface area is 224 Å². The molecule has 0 heterocycles. The Morgan fingerprint density at radius 1 is 0.513 bits per heavy atom. The first-order chi connectivity index (χ1) is 18.6. The molecule has 0 aromatic heterocycles. The SMILES string of the molecule is O=C(O)c1ccc(Oc2ccc(Sc3ccc(Oc4cccc(C(=O)O)c4C(=O)O)cc3)cc2)cc1C(=O)O. The van der Waals surface area contributed by atoms with Gasteiger partial charge in [-0.25, -0.2) is 19.2 Å². The molecule has 0 radical (unpaired) electrons. The molecule has 196 valence electrons. The maximum absolute atomic E-state index is 11.6. The molecule has 0 aliphatic rings. The zero-order chi connectivity index (χ0) is 28.1. The average Bonchev–Trinajstić information content (AvgIpc) is 2.90. The number of rotatable bonds is 10. The van der Waals surface area contributed by atoms with Crippen LogP contribution in [0, 0.1) is 0 Å². The lowest BCUT2D eigenvalue weighted by Gasteiger charge is -2.11. The molecule has 10 nitrogen and oxygen atoms in total. The van der Waals surface area contributed by atoms with Crippen molar-refractivity contribution in [2.75, 3.05) is 0 Å². The third-order valence-electron chi connectivity index (χ3n) is 5.27. The van der Waals surface area contributed by atoms with E-state index in [1.165, 1.54) is 42.1 Å². The quantitative estimate of drug-likeness (QED) is 0.178. The van der Waals surface area contributed by atoms with Crippen molar-refractivity contribution in [3.63, 3.8) is 0 Å². The summed E-state index contributed by atoms with van der Waals surface area (Å²) in [6.45, 7) is 0. The van der Waals surface area contributed by atoms with Crippen LogP contribution < -0.4 is 9.47 Å². The lowest BCUT2D eigenvalue weighted by Crippen LogP contribution is -2.09. The third-order valence-corrected chi connectivity index (χ3v) is 6.28. The van der Waals surface area contributed by atoms with Gasteiger partial charge >= 0.3 is 23.9 Å². The molecule has 0 saturated heterocycles. The van der Waals surface area contributed by atoms with Crippen LogP contribution in [0.15, 0.2) is 94.7 Å². The van der Waals surface area contributed by atoms with Crippen LogP contribution in [0.1, 0.15) is 41.4 Å². The number of ether oxygens (including phenoxy) is 2. The molecular formula is C28H18O10S. The first-order valence-corrected chi connectivity index (χ1v) is 11.9. The smallest absolute Gasteiger partial charge is 0.340 e. The minimum Gasteiger partial charge on any atom is -0.478 e. The predicted molar refractivity (Wildman–Crippen MR) is 138 cm³/mol. The second-order valence-electron chi connectivity index (χ2n) is 7.86. The summed E-state index contributed by atoms with van der Waals surface area (Å²) < 4.78 is 11.3. The van der Waals surface area contributed by atoms with Crippen molar-refractivity contribution in [1.82, 2.24) is 0 Å². The summed E-state index contributed by atoms with van der Waals surface area (Å²) in [5.41, 5.74) is -1.54. The van der Waals surface area contributed by atoms with Crippen molar-refractivity contribution >= 4 is 35.6 Å². The highest BCUT2D eigenvalue weighted by Gasteiger charge is 2.21. The number of aromatic carboxylic acids is 4. The van der Waals surface area contributed by atoms with Crippen molar-refractivity contribution in [3.8, 4) is 23.0 Å². The molecule has 0 amide bonds. The van der Waals surface area contributed by atoms with Gasteiger partial charge in [0.2, 0.25) is 0 Å². The van der Waals surface area contributed by atoms with Crippen LogP contribution in [-0.2, 0) is 0 Å². The van der Waals surface area contributed by atoms with Crippen LogP contribution >= 0.6 is 11.8 Å². The maximum atomic E-state index is 11.6. The van der Waals surface area contributed by atoms with Crippen LogP contribution in [0.2, 0.25) is 0 Å². The van der Waals surface area contributed by atoms with Crippen molar-refractivity contribution < 1.29 is 49.1 Å². The molecule has 0 unspecified atom stereocenters. The zero-order valence-electron chi connectivity index (χ0n) is 19.7. The largest absolute Gasteiger partial charge is 0.478 e. The molecule has 0 atom stereocenters. The van der Waals surface area contributed by atoms with Crippen molar-refractivity contribution in [1.29, 1.82) is 0 Å². The number of carbonyl (C=O) groups is 4. The van der Waals surface area contributed by atoms with Gasteiger partial charge in [0.15, 0.2) is 0 Å². The average molecular weight is 547 g/mol. The molecule has 0 bridgehead atoms. The van der Waals surface area contributed by atoms with Crippen molar-refractivity contribution in [2.24, 2.45) is 0 Å². The summed E-state index contributed by atoms with van der Waals surface area (Å²) >= 11 is 1.42. The molecule has 0 saturated carbocycles. The van der Waals surface area contributed by atoms with Gasteiger partial charge in [0.05, 0.1) is 16.7 Å². The molecular weight excluding hydrogens is 528 g/mol. The van der Waals surface area contributed by atoms with Crippen LogP contribution in [-0.4, -0.2) is 44.3 Å². The zero-order valence-corrected chi connectivity index (χ0v) is 20.5. The summed E-state index contributed by atoms with van der Waals surface area (Å²) in [6, 6.07) is 21.3. The lowest BCUT2D eigenvalue weighted by molar-refractivity contribution is 0.0649. The molecule has 39 heavy (non-hydrogen) atoms. The van der Waals surface area contributed by atoms with E-state index in [9.17, 15) is 34.5 Å². The minimum atomic E-state index is -1.41. The Bertz CT molecular complexity index is 1580. The molecule has 11 heteroatoms. The van der Waals surface area contributed by atoms with E-state index in [4.69, 9.17) is 14.6 Å². The monoisotopic (exact) mass is 546 g/mol. The van der Waals surface area contributed by atoms with E-state index in [1.54, 1.807) is 48.5 Å². The van der Waals surface area contributed by atoms with E-state index < -0.39 is 29.4 Å². The van der Waals surface area contributed by atoms with Gasteiger partial charge < -0.3 is 29.9 Å². The fraction of sp³-hybridized carbons (Fsp3) is 0. The van der Waals surface area contributed by atoms with Crippen LogP contribution in [0.5, 0.6) is 23.0 Å². The Hall–Kier alpha value is -5.29. The van der Waals surface area contributed by atoms with Crippen LogP contribution in [0.4, 0.5) is 0 Å². The second kappa shape index (κ2) is 11.4. The normalized spacial score (nSPS) is 10.5. The van der Waals surface area contributed by atoms with Gasteiger partial charge in [0.1, 0.15) is 28.6 Å². The summed E-state index contributed by atoms with van der Waals surface area (Å²) in [5, 5.41) is 37.1. The van der Waals surface area contributed by atoms with Gasteiger partial charge in [0.25, 0.3) is 0 Å². The standard InChI is InChI=1S/C28H18O10S/c29-25(30)20-13-8-17(14-22(20)27(33)34)37-15-4-9-18(10-5-15)39-19-11-6-16(7-12-19)38-23-3-1-2-21(26(31)32)24(23)28(35)36/h1-14H,(H,29,30)(H,31,32)(H,33,34)(H,35,36). The summed E-state index contributed by atoms with van der Waals surface area (Å²) in [5.74, 6) is -4.69. The maximum Gasteiger partial charge on any atom is 0.340 e. The molecule has 4 N–H and O–H groups in total. The topological polar surface area (TPSA) is 168 Å². The van der Waals surface area contributed by atoms with Gasteiger partial charge in [-0.05, 0) is 78.9 Å². The molecule has 4 aromatic carbocycles. The van der Waals surface area contributed by atoms with Crippen molar-refractivity contribution in [3.05, 3.63) is 107 Å². The molecule has 4 aromatic rings. The Kier molecular flexibility index (Phi) is 7.82. The van der Waals surface area contributed by atoms with E-state index in [0.29, 0.717) is 11.5 Å². The fourth-order valence-corrected chi connectivity index (χ4v) is 4.33.